The highest BCUT2D eigenvalue weighted by Gasteiger charge is 2.14. The third-order valence-electron chi connectivity index (χ3n) is 3.65. The molecule has 0 radical (unpaired) electrons. The van der Waals surface area contributed by atoms with Gasteiger partial charge in [0.05, 0.1) is 0 Å². The number of carbonyl (C=O) groups is 1. The monoisotopic (exact) mass is 310 g/mol. The van der Waals surface area contributed by atoms with Crippen molar-refractivity contribution in [3.05, 3.63) is 53.4 Å². The predicted molar refractivity (Wildman–Crippen MR) is 82.5 cm³/mol. The summed E-state index contributed by atoms with van der Waals surface area (Å²) in [5.74, 6) is 1.85. The van der Waals surface area contributed by atoms with Gasteiger partial charge in [0.1, 0.15) is 5.52 Å². The maximum Gasteiger partial charge on any atom is 0.251 e. The molecule has 0 bridgehead atoms. The lowest BCUT2D eigenvalue weighted by molar-refractivity contribution is 0.0951. The van der Waals surface area contributed by atoms with Crippen LogP contribution in [0.15, 0.2) is 40.8 Å². The Labute approximate surface area is 132 Å². The minimum atomic E-state index is -0.168. The van der Waals surface area contributed by atoms with E-state index < -0.39 is 0 Å². The number of oxazole rings is 1. The maximum absolute atomic E-state index is 12.3. The van der Waals surface area contributed by atoms with E-state index in [1.807, 2.05) is 18.2 Å². The van der Waals surface area contributed by atoms with Crippen LogP contribution in [0.4, 0.5) is 0 Å². The third kappa shape index (κ3) is 2.59. The second kappa shape index (κ2) is 5.31. The highest BCUT2D eigenvalue weighted by Crippen LogP contribution is 2.32. The Balaban J connectivity index is 1.48. The van der Waals surface area contributed by atoms with Gasteiger partial charge in [0.2, 0.25) is 6.79 Å². The van der Waals surface area contributed by atoms with Gasteiger partial charge in [-0.25, -0.2) is 4.98 Å². The number of nitrogens with zero attached hydrogens (tertiary/aromatic N) is 1. The van der Waals surface area contributed by atoms with Gasteiger partial charge in [0.15, 0.2) is 23.0 Å². The fourth-order valence-electron chi connectivity index (χ4n) is 2.52. The Morgan fingerprint density at radius 1 is 1.17 bits per heavy atom. The Morgan fingerprint density at radius 2 is 2.04 bits per heavy atom. The Hall–Kier alpha value is -3.02. The van der Waals surface area contributed by atoms with Gasteiger partial charge in [-0.15, -0.1) is 0 Å². The molecule has 1 aromatic heterocycles. The first-order chi connectivity index (χ1) is 11.2. The van der Waals surface area contributed by atoms with Crippen molar-refractivity contribution in [3.8, 4) is 11.5 Å². The van der Waals surface area contributed by atoms with Gasteiger partial charge >= 0.3 is 0 Å². The number of fused-ring (bicyclic) bond motifs is 2. The number of rotatable bonds is 3. The lowest BCUT2D eigenvalue weighted by Gasteiger charge is -2.06. The highest BCUT2D eigenvalue weighted by molar-refractivity contribution is 5.96. The molecular weight excluding hydrogens is 296 g/mol. The number of nitrogens with one attached hydrogen (secondary N) is 1. The summed E-state index contributed by atoms with van der Waals surface area (Å²) >= 11 is 0. The van der Waals surface area contributed by atoms with Gasteiger partial charge in [-0.1, -0.05) is 6.07 Å². The van der Waals surface area contributed by atoms with Crippen LogP contribution in [0.25, 0.3) is 11.1 Å². The molecule has 0 spiro atoms. The number of hydrogen-bond acceptors (Lipinski definition) is 5. The number of hydrogen-bond donors (Lipinski definition) is 1. The molecule has 116 valence electrons. The summed E-state index contributed by atoms with van der Waals surface area (Å²) in [6, 6.07) is 10.8. The third-order valence-corrected chi connectivity index (χ3v) is 3.65. The summed E-state index contributed by atoms with van der Waals surface area (Å²) in [4.78, 5) is 16.5. The average molecular weight is 310 g/mol. The van der Waals surface area contributed by atoms with Crippen LogP contribution in [-0.4, -0.2) is 17.7 Å². The first kappa shape index (κ1) is 13.6. The van der Waals surface area contributed by atoms with Crippen molar-refractivity contribution in [2.45, 2.75) is 13.5 Å². The first-order valence-electron chi connectivity index (χ1n) is 7.23. The molecule has 0 saturated carbocycles. The largest absolute Gasteiger partial charge is 0.454 e. The molecule has 23 heavy (non-hydrogen) atoms. The number of carbonyl (C=O) groups excluding carboxylic acids is 1. The van der Waals surface area contributed by atoms with Crippen LogP contribution in [0.5, 0.6) is 11.5 Å². The molecule has 1 aliphatic rings. The van der Waals surface area contributed by atoms with Gasteiger partial charge in [-0.3, -0.25) is 4.79 Å². The lowest BCUT2D eigenvalue weighted by atomic mass is 10.1. The van der Waals surface area contributed by atoms with Gasteiger partial charge in [-0.2, -0.15) is 0 Å². The normalized spacial score (nSPS) is 12.6. The molecule has 6 heteroatoms. The van der Waals surface area contributed by atoms with Gasteiger partial charge < -0.3 is 19.2 Å². The summed E-state index contributed by atoms with van der Waals surface area (Å²) in [6.45, 7) is 2.42. The fraction of sp³-hybridized carbons (Fsp3) is 0.176. The number of aryl methyl sites for hydroxylation is 1. The maximum atomic E-state index is 12.3. The molecule has 2 heterocycles. The molecule has 0 aliphatic carbocycles. The highest BCUT2D eigenvalue weighted by atomic mass is 16.7. The van der Waals surface area contributed by atoms with Gasteiger partial charge in [0.25, 0.3) is 5.91 Å². The minimum Gasteiger partial charge on any atom is -0.454 e. The molecule has 1 N–H and O–H groups in total. The van der Waals surface area contributed by atoms with E-state index in [4.69, 9.17) is 13.9 Å². The molecule has 1 aliphatic heterocycles. The zero-order valence-electron chi connectivity index (χ0n) is 12.5. The smallest absolute Gasteiger partial charge is 0.251 e. The quantitative estimate of drug-likeness (QED) is 0.805. The standard InChI is InChI=1S/C17H14N2O4/c1-10-19-13-4-3-12(7-15(13)23-10)17(20)18-8-11-2-5-14-16(6-11)22-9-21-14/h2-7H,8-9H2,1H3,(H,18,20). The number of ether oxygens (including phenoxy) is 2. The Bertz CT molecular complexity index is 901. The van der Waals surface area contributed by atoms with Crippen LogP contribution in [0.3, 0.4) is 0 Å². The molecule has 1 amide bonds. The molecule has 4 rings (SSSR count). The number of amides is 1. The second-order valence-corrected chi connectivity index (χ2v) is 5.29. The Morgan fingerprint density at radius 3 is 2.96 bits per heavy atom. The number of aromatic nitrogens is 1. The molecule has 0 saturated heterocycles. The lowest BCUT2D eigenvalue weighted by Crippen LogP contribution is -2.22. The molecule has 6 nitrogen and oxygen atoms in total. The van der Waals surface area contributed by atoms with E-state index >= 15 is 0 Å². The van der Waals surface area contributed by atoms with E-state index in [2.05, 4.69) is 10.3 Å². The van der Waals surface area contributed by atoms with Crippen molar-refractivity contribution >= 4 is 17.0 Å². The van der Waals surface area contributed by atoms with Gasteiger partial charge in [-0.05, 0) is 35.9 Å². The molecule has 0 atom stereocenters. The van der Waals surface area contributed by atoms with Crippen molar-refractivity contribution < 1.29 is 18.7 Å². The predicted octanol–water partition coefficient (Wildman–Crippen LogP) is 2.79. The first-order valence-corrected chi connectivity index (χ1v) is 7.23. The van der Waals surface area contributed by atoms with Crippen LogP contribution in [0.2, 0.25) is 0 Å². The molecule has 0 unspecified atom stereocenters. The van der Waals surface area contributed by atoms with Crippen molar-refractivity contribution in [1.82, 2.24) is 10.3 Å². The average Bonchev–Trinajstić information content (AvgIpc) is 3.16. The summed E-state index contributed by atoms with van der Waals surface area (Å²) in [5.41, 5.74) is 2.83. The van der Waals surface area contributed by atoms with Crippen molar-refractivity contribution in [1.29, 1.82) is 0 Å². The summed E-state index contributed by atoms with van der Waals surface area (Å²) in [5, 5.41) is 2.88. The zero-order chi connectivity index (χ0) is 15.8. The van der Waals surface area contributed by atoms with E-state index in [1.54, 1.807) is 25.1 Å². The Kier molecular flexibility index (Phi) is 3.15. The molecule has 3 aromatic rings. The van der Waals surface area contributed by atoms with Crippen LogP contribution >= 0.6 is 0 Å². The van der Waals surface area contributed by atoms with E-state index in [9.17, 15) is 4.79 Å². The van der Waals surface area contributed by atoms with E-state index in [0.29, 0.717) is 29.3 Å². The van der Waals surface area contributed by atoms with E-state index in [-0.39, 0.29) is 12.7 Å². The fourth-order valence-corrected chi connectivity index (χ4v) is 2.52. The summed E-state index contributed by atoms with van der Waals surface area (Å²) < 4.78 is 16.0. The zero-order valence-corrected chi connectivity index (χ0v) is 12.5. The minimum absolute atomic E-state index is 0.168. The SMILES string of the molecule is Cc1nc2ccc(C(=O)NCc3ccc4c(c3)OCO4)cc2o1. The van der Waals surface area contributed by atoms with Crippen molar-refractivity contribution in [2.24, 2.45) is 0 Å². The van der Waals surface area contributed by atoms with E-state index in [1.165, 1.54) is 0 Å². The van der Waals surface area contributed by atoms with Crippen LogP contribution in [-0.2, 0) is 6.54 Å². The van der Waals surface area contributed by atoms with Crippen LogP contribution < -0.4 is 14.8 Å². The summed E-state index contributed by atoms with van der Waals surface area (Å²) in [6.07, 6.45) is 0. The van der Waals surface area contributed by atoms with Crippen molar-refractivity contribution in [2.75, 3.05) is 6.79 Å². The topological polar surface area (TPSA) is 73.6 Å². The molecule has 2 aromatic carbocycles. The van der Waals surface area contributed by atoms with Gasteiger partial charge in [0, 0.05) is 19.0 Å². The van der Waals surface area contributed by atoms with E-state index in [0.717, 1.165) is 16.8 Å². The van der Waals surface area contributed by atoms with Crippen LogP contribution in [0, 0.1) is 6.92 Å². The molecular formula is C17H14N2O4. The second-order valence-electron chi connectivity index (χ2n) is 5.29. The van der Waals surface area contributed by atoms with Crippen molar-refractivity contribution in [3.63, 3.8) is 0 Å². The molecule has 0 fully saturated rings. The summed E-state index contributed by atoms with van der Waals surface area (Å²) in [7, 11) is 0. The number of benzene rings is 2. The van der Waals surface area contributed by atoms with Crippen LogP contribution in [0.1, 0.15) is 21.8 Å².